The molecule has 2 N–H and O–H groups in total. The molecule has 0 spiro atoms. The number of quaternary nitrogens is 2. The van der Waals surface area contributed by atoms with E-state index in [4.69, 9.17) is 0 Å². The average Bonchev–Trinajstić information content (AvgIpc) is 3.53. The van der Waals surface area contributed by atoms with Crippen molar-refractivity contribution in [2.75, 3.05) is 40.3 Å². The molecule has 10 heteroatoms. The van der Waals surface area contributed by atoms with Gasteiger partial charge < -0.3 is 19.8 Å². The van der Waals surface area contributed by atoms with Crippen molar-refractivity contribution in [1.29, 1.82) is 0 Å². The van der Waals surface area contributed by atoms with Crippen LogP contribution in [0.25, 0.3) is 0 Å². The van der Waals surface area contributed by atoms with Gasteiger partial charge >= 0.3 is 0 Å². The molecule has 1 aromatic rings. The van der Waals surface area contributed by atoms with Crippen LogP contribution in [0.1, 0.15) is 439 Å². The van der Waals surface area contributed by atoms with Crippen molar-refractivity contribution in [3.05, 3.63) is 29.1 Å². The first kappa shape index (κ1) is 90.8. The minimum Gasteiger partial charge on any atom is -0.889 e. The van der Waals surface area contributed by atoms with Crippen LogP contribution >= 0.6 is 0 Å². The van der Waals surface area contributed by atoms with Crippen LogP contribution in [0.4, 0.5) is 22.0 Å². The molecule has 4 nitrogen and oxygen atoms in total. The van der Waals surface area contributed by atoms with Crippen LogP contribution in [0.15, 0.2) is 0 Å². The molecule has 0 fully saturated rings. The monoisotopic (exact) mass is 1280 g/mol. The predicted octanol–water partition coefficient (Wildman–Crippen LogP) is 22.8. The maximum absolute atomic E-state index is 12.5. The van der Waals surface area contributed by atoms with E-state index in [1.54, 1.807) is 9.80 Å². The zero-order valence-corrected chi connectivity index (χ0v) is 61.4. The summed E-state index contributed by atoms with van der Waals surface area (Å²) in [5.74, 6) is -11.7. The second-order valence-corrected chi connectivity index (χ2v) is 28.4. The highest BCUT2D eigenvalue weighted by molar-refractivity contribution is 6.55. The Labute approximate surface area is 559 Å². The number of nitrogens with one attached hydrogen (secondary N) is 2. The van der Waals surface area contributed by atoms with Gasteiger partial charge in [0.2, 0.25) is 0 Å². The van der Waals surface area contributed by atoms with Crippen LogP contribution in [0, 0.1) is 29.1 Å². The van der Waals surface area contributed by atoms with Crippen LogP contribution < -0.4 is 25.3 Å². The molecule has 0 amide bonds. The smallest absolute Gasteiger partial charge is 0.200 e. The maximum Gasteiger partial charge on any atom is 0.200 e. The van der Waals surface area contributed by atoms with Gasteiger partial charge in [0.05, 0.1) is 40.3 Å². The van der Waals surface area contributed by atoms with Crippen molar-refractivity contribution in [2.24, 2.45) is 0 Å². The molecule has 0 aliphatic heterocycles. The van der Waals surface area contributed by atoms with E-state index in [0.717, 1.165) is 0 Å². The van der Waals surface area contributed by atoms with Gasteiger partial charge in [0.15, 0.2) is 29.1 Å². The van der Waals surface area contributed by atoms with Gasteiger partial charge in [-0.25, -0.2) is 22.0 Å². The Morgan fingerprint density at radius 1 is 0.200 bits per heavy atom. The number of halogens is 5. The van der Waals surface area contributed by atoms with E-state index in [9.17, 15) is 32.0 Å². The molecular weight excluding hydrogens is 1130 g/mol. The summed E-state index contributed by atoms with van der Waals surface area (Å²) in [6.45, 7) is 14.8. The Kier molecular flexibility index (Phi) is 75.9. The minimum atomic E-state index is -3.26. The Bertz CT molecular complexity index is 1370. The highest BCUT2D eigenvalue weighted by Gasteiger charge is 2.23. The van der Waals surface area contributed by atoms with Gasteiger partial charge in [-0.3, -0.25) is 0 Å². The fraction of sp³-hybridized carbons (Fsp3) is 0.925. The van der Waals surface area contributed by atoms with Crippen LogP contribution in [0.3, 0.4) is 0 Å². The third kappa shape index (κ3) is 65.4. The zero-order chi connectivity index (χ0) is 66.3. The van der Waals surface area contributed by atoms with Crippen molar-refractivity contribution >= 4 is 12.6 Å². The molecule has 536 valence electrons. The lowest BCUT2D eigenvalue weighted by atomic mass is 9.79. The third-order valence-corrected chi connectivity index (χ3v) is 19.3. The summed E-state index contributed by atoms with van der Waals surface area (Å²) in [5.41, 5.74) is -1.89. The van der Waals surface area contributed by atoms with Crippen molar-refractivity contribution in [1.82, 2.24) is 0 Å². The summed E-state index contributed by atoms with van der Waals surface area (Å²) in [6, 6.07) is 0. The van der Waals surface area contributed by atoms with Crippen LogP contribution in [-0.4, -0.2) is 47.4 Å². The quantitative estimate of drug-likeness (QED) is 0.0225. The average molecular weight is 1280 g/mol. The Hall–Kier alpha value is -1.23. The van der Waals surface area contributed by atoms with Crippen LogP contribution in [0.5, 0.6) is 0 Å². The van der Waals surface area contributed by atoms with Gasteiger partial charge in [0.25, 0.3) is 0 Å². The SMILES string of the molecule is CCCCCCCCCCCCCCCCCC[NH+](C)CCCCCCCCCCCCCCCCCC.CCCCCCCCCCCCCCCCCC[NH+](C)CCCCCCCCCCCCCCCCCC.[O-]B([O-])c1c(F)c(F)c(F)c(F)c1F. The summed E-state index contributed by atoms with van der Waals surface area (Å²) in [4.78, 5) is 3.56. The van der Waals surface area contributed by atoms with E-state index in [2.05, 4.69) is 41.8 Å². The highest BCUT2D eigenvalue weighted by atomic mass is 19.2. The van der Waals surface area contributed by atoms with Crippen molar-refractivity contribution in [3.63, 3.8) is 0 Å². The number of rotatable bonds is 69. The van der Waals surface area contributed by atoms with E-state index < -0.39 is 41.7 Å². The fourth-order valence-electron chi connectivity index (χ4n) is 13.0. The summed E-state index contributed by atoms with van der Waals surface area (Å²) < 4.78 is 62.0. The number of unbranched alkanes of at least 4 members (excludes halogenated alkanes) is 60. The molecule has 90 heavy (non-hydrogen) atoms. The summed E-state index contributed by atoms with van der Waals surface area (Å²) >= 11 is 0. The predicted molar refractivity (Wildman–Crippen MR) is 383 cm³/mol. The first-order valence-corrected chi connectivity index (χ1v) is 40.4. The second-order valence-electron chi connectivity index (χ2n) is 28.4. The number of benzene rings is 1. The molecule has 0 saturated carbocycles. The topological polar surface area (TPSA) is 55.0 Å². The van der Waals surface area contributed by atoms with Crippen molar-refractivity contribution in [3.8, 4) is 0 Å². The zero-order valence-electron chi connectivity index (χ0n) is 61.4. The largest absolute Gasteiger partial charge is 0.889 e. The van der Waals surface area contributed by atoms with Gasteiger partial charge in [0, 0.05) is 0 Å². The van der Waals surface area contributed by atoms with E-state index in [1.165, 1.54) is 437 Å². The summed E-state index contributed by atoms with van der Waals surface area (Å²) in [7, 11) is 1.59. The lowest BCUT2D eigenvalue weighted by Crippen LogP contribution is -3.09. The Morgan fingerprint density at radius 3 is 0.433 bits per heavy atom. The van der Waals surface area contributed by atoms with E-state index in [1.807, 2.05) is 0 Å². The standard InChI is InChI=1S/2C37H77N.C6BF5O2/c2*1-4-6-8-10-12-14-16-18-20-22-24-26-28-30-32-34-36-38(3)37-35-33-31-29-27-25-23-21-19-17-15-13-11-9-7-5-2;8-2-1(7(13)14)3(9)5(11)6(12)4(2)10/h2*4-37H2,1-3H3;/q;;-2/p+2. The Balaban J connectivity index is 0. The third-order valence-electron chi connectivity index (χ3n) is 19.3. The number of hydrogen-bond acceptors (Lipinski definition) is 2. The highest BCUT2D eigenvalue weighted by Crippen LogP contribution is 2.20. The van der Waals surface area contributed by atoms with Gasteiger partial charge in [-0.1, -0.05) is 394 Å². The van der Waals surface area contributed by atoms with E-state index >= 15 is 0 Å². The number of hydrogen-bond donors (Lipinski definition) is 2. The first-order chi connectivity index (χ1) is 44.0. The van der Waals surface area contributed by atoms with E-state index in [-0.39, 0.29) is 0 Å². The van der Waals surface area contributed by atoms with E-state index in [0.29, 0.717) is 0 Å². The summed E-state index contributed by atoms with van der Waals surface area (Å²) in [5, 5.41) is 20.2. The molecule has 0 aliphatic carbocycles. The maximum atomic E-state index is 12.5. The van der Waals surface area contributed by atoms with Crippen LogP contribution in [0.2, 0.25) is 0 Å². The van der Waals surface area contributed by atoms with Gasteiger partial charge in [0.1, 0.15) is 0 Å². The Morgan fingerprint density at radius 2 is 0.311 bits per heavy atom. The molecular formula is C80H156BF5N2O2. The summed E-state index contributed by atoms with van der Waals surface area (Å²) in [6.07, 6.45) is 94.1. The molecule has 1 rings (SSSR count). The second kappa shape index (κ2) is 75.2. The van der Waals surface area contributed by atoms with Gasteiger partial charge in [-0.05, 0) is 56.8 Å². The fourth-order valence-corrected chi connectivity index (χ4v) is 13.0. The van der Waals surface area contributed by atoms with Gasteiger partial charge in [-0.2, -0.15) is 0 Å². The molecule has 0 heterocycles. The molecule has 0 aliphatic rings. The molecule has 0 aromatic heterocycles. The van der Waals surface area contributed by atoms with Gasteiger partial charge in [-0.15, -0.1) is 0 Å². The normalized spacial score (nSPS) is 11.5. The lowest BCUT2D eigenvalue weighted by molar-refractivity contribution is -0.880. The van der Waals surface area contributed by atoms with Crippen LogP contribution in [-0.2, 0) is 0 Å². The molecule has 1 aromatic carbocycles. The molecule has 0 saturated heterocycles. The molecule has 0 atom stereocenters. The molecule has 0 radical (unpaired) electrons. The van der Waals surface area contributed by atoms with Crippen molar-refractivity contribution in [2.45, 2.75) is 439 Å². The lowest BCUT2D eigenvalue weighted by Gasteiger charge is -2.27. The minimum absolute atomic E-state index is 1.37. The van der Waals surface area contributed by atoms with Crippen molar-refractivity contribution < 1.29 is 41.8 Å². The first-order valence-electron chi connectivity index (χ1n) is 40.4. The molecule has 0 unspecified atom stereocenters. The molecule has 0 bridgehead atoms.